The molecule has 0 saturated carbocycles. The number of nitrogens with zero attached hydrogens (tertiary/aromatic N) is 3. The van der Waals surface area contributed by atoms with Gasteiger partial charge in [0.2, 0.25) is 11.7 Å². The molecule has 0 bridgehead atoms. The van der Waals surface area contributed by atoms with Crippen molar-refractivity contribution < 1.29 is 24.6 Å². The van der Waals surface area contributed by atoms with Crippen molar-refractivity contribution in [2.75, 3.05) is 4.90 Å². The van der Waals surface area contributed by atoms with E-state index in [4.69, 9.17) is 0 Å². The van der Waals surface area contributed by atoms with Crippen molar-refractivity contribution in [3.8, 4) is 0 Å². The van der Waals surface area contributed by atoms with Gasteiger partial charge in [-0.05, 0) is 44.5 Å². The third-order valence-corrected chi connectivity index (χ3v) is 6.94. The smallest absolute Gasteiger partial charge is 0.335 e. The van der Waals surface area contributed by atoms with Gasteiger partial charge in [0, 0.05) is 0 Å². The zero-order chi connectivity index (χ0) is 25.0. The first-order valence-corrected chi connectivity index (χ1v) is 11.5. The Morgan fingerprint density at radius 2 is 1.86 bits per heavy atom. The number of H-pyrrole nitrogens is 1. The van der Waals surface area contributed by atoms with E-state index in [0.717, 1.165) is 5.56 Å². The molecule has 0 saturated heterocycles. The fourth-order valence-electron chi connectivity index (χ4n) is 4.32. The van der Waals surface area contributed by atoms with Gasteiger partial charge < -0.3 is 15.2 Å². The Labute approximate surface area is 203 Å². The number of thiazole rings is 1. The van der Waals surface area contributed by atoms with Crippen LogP contribution < -0.4 is 4.90 Å². The predicted octanol–water partition coefficient (Wildman–Crippen LogP) is 4.43. The van der Waals surface area contributed by atoms with Crippen molar-refractivity contribution in [3.05, 3.63) is 86.1 Å². The fourth-order valence-corrected chi connectivity index (χ4v) is 5.19. The second-order valence-electron chi connectivity index (χ2n) is 8.33. The maximum atomic E-state index is 13.7. The number of carboxylic acids is 1. The molecule has 5 rings (SSSR count). The van der Waals surface area contributed by atoms with Crippen LogP contribution in [0.5, 0.6) is 0 Å². The molecule has 3 N–H and O–H groups in total. The summed E-state index contributed by atoms with van der Waals surface area (Å²) >= 11 is 1.20. The summed E-state index contributed by atoms with van der Waals surface area (Å²) in [5, 5.41) is 20.9. The molecule has 4 aromatic rings. The van der Waals surface area contributed by atoms with E-state index in [0.29, 0.717) is 32.2 Å². The molecule has 176 valence electrons. The molecule has 1 aliphatic rings. The van der Waals surface area contributed by atoms with Crippen LogP contribution in [0.4, 0.5) is 5.95 Å². The summed E-state index contributed by atoms with van der Waals surface area (Å²) in [6.45, 7) is 5.39. The van der Waals surface area contributed by atoms with Crippen molar-refractivity contribution in [2.24, 2.45) is 0 Å². The van der Waals surface area contributed by atoms with E-state index in [-0.39, 0.29) is 17.1 Å². The lowest BCUT2D eigenvalue weighted by Crippen LogP contribution is -2.32. The average molecular weight is 489 g/mol. The molecule has 1 amide bonds. The first-order chi connectivity index (χ1) is 16.7. The van der Waals surface area contributed by atoms with Crippen LogP contribution in [0.2, 0.25) is 0 Å². The van der Waals surface area contributed by atoms with Crippen LogP contribution in [-0.2, 0) is 4.79 Å². The Hall–Kier alpha value is -4.31. The average Bonchev–Trinajstić information content (AvgIpc) is 3.46. The summed E-state index contributed by atoms with van der Waals surface area (Å²) in [5.41, 5.74) is 2.90. The number of aliphatic hydroxyl groups excluding tert-OH is 1. The Bertz CT molecular complexity index is 1580. The number of anilines is 1. The molecule has 1 aliphatic heterocycles. The zero-order valence-electron chi connectivity index (χ0n) is 19.0. The summed E-state index contributed by atoms with van der Waals surface area (Å²) in [6.07, 6.45) is 0. The van der Waals surface area contributed by atoms with Gasteiger partial charge in [0.25, 0.3) is 5.91 Å². The third kappa shape index (κ3) is 3.68. The van der Waals surface area contributed by atoms with Gasteiger partial charge in [-0.3, -0.25) is 14.5 Å². The number of rotatable bonds is 5. The first-order valence-electron chi connectivity index (χ1n) is 10.7. The van der Waals surface area contributed by atoms with Crippen LogP contribution in [-0.4, -0.2) is 42.8 Å². The van der Waals surface area contributed by atoms with Gasteiger partial charge in [-0.2, -0.15) is 0 Å². The number of aliphatic hydroxyl groups is 1. The second kappa shape index (κ2) is 8.17. The van der Waals surface area contributed by atoms with Gasteiger partial charge in [-0.15, -0.1) is 11.3 Å². The lowest BCUT2D eigenvalue weighted by Gasteiger charge is -2.24. The molecule has 10 heteroatoms. The number of fused-ring (bicyclic) bond motifs is 1. The van der Waals surface area contributed by atoms with Crippen molar-refractivity contribution in [1.29, 1.82) is 0 Å². The van der Waals surface area contributed by atoms with Gasteiger partial charge in [-0.25, -0.2) is 14.8 Å². The maximum Gasteiger partial charge on any atom is 0.335 e. The third-order valence-electron chi connectivity index (χ3n) is 5.86. The molecule has 0 radical (unpaired) electrons. The highest BCUT2D eigenvalue weighted by Crippen LogP contribution is 2.42. The topological polar surface area (TPSA) is 136 Å². The number of hydrogen-bond acceptors (Lipinski definition) is 7. The van der Waals surface area contributed by atoms with Gasteiger partial charge in [0.15, 0.2) is 5.76 Å². The van der Waals surface area contributed by atoms with Gasteiger partial charge in [-0.1, -0.05) is 29.8 Å². The number of carbonyl (C=O) groups excluding carboxylic acids is 2. The van der Waals surface area contributed by atoms with E-state index in [2.05, 4.69) is 15.0 Å². The van der Waals surface area contributed by atoms with Crippen LogP contribution in [0.15, 0.2) is 53.8 Å². The molecular formula is C25H20N4O5S. The van der Waals surface area contributed by atoms with Gasteiger partial charge >= 0.3 is 5.97 Å². The number of ketones is 1. The standard InChI is InChI=1S/C25H20N4O5S/c1-11-5-4-6-14(9-11)19-18(20(30)22-12(2)26-13(3)35-22)21(31)23(32)29(19)25-27-16-8-7-15(24(33)34)10-17(16)28-25/h4-10,19,31H,1-3H3,(H,27,28)(H,33,34). The number of nitrogens with one attached hydrogen (secondary N) is 1. The number of amides is 1. The molecule has 9 nitrogen and oxygen atoms in total. The molecule has 35 heavy (non-hydrogen) atoms. The quantitative estimate of drug-likeness (QED) is 0.354. The maximum absolute atomic E-state index is 13.7. The highest BCUT2D eigenvalue weighted by molar-refractivity contribution is 7.14. The SMILES string of the molecule is Cc1cccc(C2C(C(=O)c3sc(C)nc3C)=C(O)C(=O)N2c2nc3ccc(C(=O)O)cc3[nH]2)c1. The van der Waals surface area contributed by atoms with Crippen molar-refractivity contribution in [2.45, 2.75) is 26.8 Å². The van der Waals surface area contributed by atoms with E-state index in [1.807, 2.05) is 25.1 Å². The summed E-state index contributed by atoms with van der Waals surface area (Å²) < 4.78 is 0. The number of aryl methyl sites for hydroxylation is 3. The summed E-state index contributed by atoms with van der Waals surface area (Å²) in [7, 11) is 0. The predicted molar refractivity (Wildman–Crippen MR) is 130 cm³/mol. The number of benzene rings is 2. The van der Waals surface area contributed by atoms with Gasteiger partial charge in [0.1, 0.15) is 0 Å². The van der Waals surface area contributed by atoms with Crippen molar-refractivity contribution in [3.63, 3.8) is 0 Å². The van der Waals surface area contributed by atoms with E-state index in [9.17, 15) is 24.6 Å². The van der Waals surface area contributed by atoms with Crippen molar-refractivity contribution in [1.82, 2.24) is 15.0 Å². The fraction of sp³-hybridized carbons (Fsp3) is 0.160. The minimum absolute atomic E-state index is 0.0565. The molecule has 3 heterocycles. The molecule has 1 atom stereocenters. The summed E-state index contributed by atoms with van der Waals surface area (Å²) in [5.74, 6) is -2.92. The number of hydrogen-bond donors (Lipinski definition) is 3. The van der Waals surface area contributed by atoms with Crippen molar-refractivity contribution >= 4 is 46.0 Å². The normalized spacial score (nSPS) is 15.9. The molecule has 1 unspecified atom stereocenters. The number of aromatic nitrogens is 3. The molecule has 2 aromatic carbocycles. The van der Waals surface area contributed by atoms with E-state index >= 15 is 0 Å². The van der Waals surface area contributed by atoms with Crippen LogP contribution in [0.3, 0.4) is 0 Å². The van der Waals surface area contributed by atoms with Crippen LogP contribution in [0, 0.1) is 20.8 Å². The molecule has 0 aliphatic carbocycles. The first kappa shape index (κ1) is 22.5. The lowest BCUT2D eigenvalue weighted by molar-refractivity contribution is -0.117. The molecule has 2 aromatic heterocycles. The molecule has 0 spiro atoms. The number of carboxylic acid groups (broad SMARTS) is 1. The number of carbonyl (C=O) groups is 3. The van der Waals surface area contributed by atoms with Crippen LogP contribution in [0.1, 0.15) is 47.9 Å². The Kier molecular flexibility index (Phi) is 5.25. The Morgan fingerprint density at radius 3 is 2.51 bits per heavy atom. The minimum Gasteiger partial charge on any atom is -0.503 e. The van der Waals surface area contributed by atoms with Crippen LogP contribution in [0.25, 0.3) is 11.0 Å². The molecular weight excluding hydrogens is 468 g/mol. The Balaban J connectivity index is 1.68. The van der Waals surface area contributed by atoms with E-state index < -0.39 is 29.5 Å². The largest absolute Gasteiger partial charge is 0.503 e. The minimum atomic E-state index is -1.10. The zero-order valence-corrected chi connectivity index (χ0v) is 19.8. The monoisotopic (exact) mass is 488 g/mol. The van der Waals surface area contributed by atoms with Crippen LogP contribution >= 0.6 is 11.3 Å². The number of imidazole rings is 1. The molecule has 0 fully saturated rings. The highest BCUT2D eigenvalue weighted by Gasteiger charge is 2.46. The van der Waals surface area contributed by atoms with E-state index in [1.54, 1.807) is 19.9 Å². The highest BCUT2D eigenvalue weighted by atomic mass is 32.1. The Morgan fingerprint density at radius 1 is 1.09 bits per heavy atom. The van der Waals surface area contributed by atoms with E-state index in [1.165, 1.54) is 34.4 Å². The number of aromatic carboxylic acids is 1. The van der Waals surface area contributed by atoms with Gasteiger partial charge in [0.05, 0.1) is 43.8 Å². The summed E-state index contributed by atoms with van der Waals surface area (Å²) in [6, 6.07) is 10.7. The summed E-state index contributed by atoms with van der Waals surface area (Å²) in [4.78, 5) is 51.7. The second-order valence-corrected chi connectivity index (χ2v) is 9.53. The lowest BCUT2D eigenvalue weighted by atomic mass is 9.94. The number of Topliss-reactive ketones (excluding diaryl/α,β-unsaturated/α-hetero) is 1. The number of aromatic amines is 1.